The van der Waals surface area contributed by atoms with E-state index >= 15 is 0 Å². The van der Waals surface area contributed by atoms with Crippen molar-refractivity contribution in [2.24, 2.45) is 5.92 Å². The van der Waals surface area contributed by atoms with E-state index in [4.69, 9.17) is 4.74 Å². The normalized spacial score (nSPS) is 18.0. The second-order valence-corrected chi connectivity index (χ2v) is 9.08. The Labute approximate surface area is 141 Å². The lowest BCUT2D eigenvalue weighted by atomic mass is 9.99. The predicted octanol–water partition coefficient (Wildman–Crippen LogP) is 3.75. The molecule has 0 saturated heterocycles. The van der Waals surface area contributed by atoms with Crippen LogP contribution in [0.1, 0.15) is 45.2 Å². The number of benzene rings is 1. The maximum Gasteiger partial charge on any atom is 0.221 e. The van der Waals surface area contributed by atoms with Crippen LogP contribution in [0, 0.1) is 5.92 Å². The molecule has 2 aromatic rings. The quantitative estimate of drug-likeness (QED) is 0.847. The highest BCUT2D eigenvalue weighted by Gasteiger charge is 2.39. The monoisotopic (exact) mass is 332 g/mol. The van der Waals surface area contributed by atoms with E-state index in [9.17, 15) is 4.55 Å². The van der Waals surface area contributed by atoms with Crippen LogP contribution in [-0.4, -0.2) is 21.4 Å². The summed E-state index contributed by atoms with van der Waals surface area (Å²) in [6, 6.07) is 8.19. The van der Waals surface area contributed by atoms with E-state index in [1.165, 1.54) is 12.8 Å². The largest absolute Gasteiger partial charge is 0.598 e. The van der Waals surface area contributed by atoms with Crippen molar-refractivity contribution in [3.05, 3.63) is 36.0 Å². The minimum absolute atomic E-state index is 0.0679. The first-order valence-electron chi connectivity index (χ1n) is 8.01. The van der Waals surface area contributed by atoms with Crippen molar-refractivity contribution in [1.82, 2.24) is 9.71 Å². The lowest BCUT2D eigenvalue weighted by molar-refractivity contribution is 0.402. The number of nitrogens with zero attached hydrogens (tertiary/aromatic N) is 1. The summed E-state index contributed by atoms with van der Waals surface area (Å²) in [7, 11) is 1.64. The van der Waals surface area contributed by atoms with Gasteiger partial charge in [-0.05, 0) is 51.0 Å². The maximum atomic E-state index is 12.6. The molecule has 1 aliphatic rings. The fourth-order valence-corrected chi connectivity index (χ4v) is 3.64. The molecule has 0 radical (unpaired) electrons. The van der Waals surface area contributed by atoms with Gasteiger partial charge in [0.1, 0.15) is 4.75 Å². The zero-order valence-corrected chi connectivity index (χ0v) is 14.9. The van der Waals surface area contributed by atoms with Crippen LogP contribution in [0.4, 0.5) is 0 Å². The Morgan fingerprint density at radius 2 is 1.91 bits per heavy atom. The van der Waals surface area contributed by atoms with Crippen molar-refractivity contribution in [3.63, 3.8) is 0 Å². The topological polar surface area (TPSA) is 57.2 Å². The van der Waals surface area contributed by atoms with Crippen LogP contribution in [0.15, 0.2) is 30.5 Å². The Balaban J connectivity index is 2.02. The minimum Gasteiger partial charge on any atom is -0.598 e. The Morgan fingerprint density at radius 3 is 2.48 bits per heavy atom. The lowest BCUT2D eigenvalue weighted by Crippen LogP contribution is -2.42. The number of fused-ring (bicyclic) bond motifs is 1. The molecule has 1 aliphatic carbocycles. The van der Waals surface area contributed by atoms with Gasteiger partial charge in [-0.3, -0.25) is 0 Å². The molecule has 3 rings (SSSR count). The van der Waals surface area contributed by atoms with Crippen LogP contribution in [0.3, 0.4) is 0 Å². The van der Waals surface area contributed by atoms with Crippen molar-refractivity contribution >= 4 is 22.1 Å². The van der Waals surface area contributed by atoms with E-state index < -0.39 is 11.4 Å². The molecule has 124 valence electrons. The first-order chi connectivity index (χ1) is 10.9. The van der Waals surface area contributed by atoms with Gasteiger partial charge in [-0.15, -0.1) is 4.72 Å². The molecular weight excluding hydrogens is 308 g/mol. The molecule has 1 aromatic heterocycles. The van der Waals surface area contributed by atoms with E-state index in [0.717, 1.165) is 16.3 Å². The van der Waals surface area contributed by atoms with Crippen molar-refractivity contribution in [3.8, 4) is 5.88 Å². The number of methoxy groups -OCH3 is 1. The zero-order chi connectivity index (χ0) is 16.6. The van der Waals surface area contributed by atoms with Crippen molar-refractivity contribution in [2.45, 2.75) is 44.4 Å². The van der Waals surface area contributed by atoms with Gasteiger partial charge in [0.05, 0.1) is 13.2 Å². The molecule has 1 aromatic carbocycles. The van der Waals surface area contributed by atoms with E-state index in [-0.39, 0.29) is 10.8 Å². The second-order valence-electron chi connectivity index (χ2n) is 7.08. The number of hydrogen-bond donors (Lipinski definition) is 1. The van der Waals surface area contributed by atoms with E-state index in [1.807, 2.05) is 45.2 Å². The molecule has 4 nitrogen and oxygen atoms in total. The SMILES string of the molecule is COc1ncc([C@@H](N[S@@+]([O-])C(C)(C)C)C2CC2)c2ccccc12. The minimum atomic E-state index is -1.11. The summed E-state index contributed by atoms with van der Waals surface area (Å²) in [5.74, 6) is 1.16. The van der Waals surface area contributed by atoms with E-state index in [2.05, 4.69) is 15.8 Å². The summed E-state index contributed by atoms with van der Waals surface area (Å²) in [5.41, 5.74) is 1.11. The summed E-state index contributed by atoms with van der Waals surface area (Å²) in [4.78, 5) is 4.46. The van der Waals surface area contributed by atoms with Gasteiger partial charge in [0.25, 0.3) is 0 Å². The Morgan fingerprint density at radius 1 is 1.26 bits per heavy atom. The van der Waals surface area contributed by atoms with Gasteiger partial charge in [0, 0.05) is 28.5 Å². The molecule has 1 heterocycles. The lowest BCUT2D eigenvalue weighted by Gasteiger charge is -2.28. The van der Waals surface area contributed by atoms with Gasteiger partial charge < -0.3 is 9.29 Å². The molecule has 0 spiro atoms. The Bertz CT molecular complexity index is 695. The molecule has 0 unspecified atom stereocenters. The highest BCUT2D eigenvalue weighted by molar-refractivity contribution is 7.90. The third kappa shape index (κ3) is 3.47. The summed E-state index contributed by atoms with van der Waals surface area (Å²) < 4.78 is 21.0. The number of ether oxygens (including phenoxy) is 1. The van der Waals surface area contributed by atoms with Crippen molar-refractivity contribution < 1.29 is 9.29 Å². The van der Waals surface area contributed by atoms with Crippen LogP contribution in [0.25, 0.3) is 10.8 Å². The molecular formula is C18H24N2O2S. The zero-order valence-electron chi connectivity index (χ0n) is 14.1. The molecule has 23 heavy (non-hydrogen) atoms. The molecule has 0 amide bonds. The second kappa shape index (κ2) is 6.30. The number of nitrogens with one attached hydrogen (secondary N) is 1. The third-order valence-corrected chi connectivity index (χ3v) is 5.78. The molecule has 0 aliphatic heterocycles. The summed E-state index contributed by atoms with van der Waals surface area (Å²) in [6.07, 6.45) is 4.20. The van der Waals surface area contributed by atoms with Crippen LogP contribution >= 0.6 is 0 Å². The van der Waals surface area contributed by atoms with Crippen molar-refractivity contribution in [1.29, 1.82) is 0 Å². The first kappa shape index (κ1) is 16.6. The Kier molecular flexibility index (Phi) is 4.54. The van der Waals surface area contributed by atoms with E-state index in [0.29, 0.717) is 11.8 Å². The Hall–Kier alpha value is -1.30. The fraction of sp³-hybridized carbons (Fsp3) is 0.500. The molecule has 5 heteroatoms. The van der Waals surface area contributed by atoms with Crippen LogP contribution in [0.2, 0.25) is 0 Å². The van der Waals surface area contributed by atoms with Crippen LogP contribution in [-0.2, 0) is 11.4 Å². The first-order valence-corrected chi connectivity index (χ1v) is 9.16. The fourth-order valence-electron chi connectivity index (χ4n) is 2.73. The molecule has 1 fully saturated rings. The van der Waals surface area contributed by atoms with Crippen LogP contribution < -0.4 is 9.46 Å². The molecule has 0 bridgehead atoms. The van der Waals surface area contributed by atoms with E-state index in [1.54, 1.807) is 7.11 Å². The summed E-state index contributed by atoms with van der Waals surface area (Å²) in [5, 5.41) is 2.12. The van der Waals surface area contributed by atoms with Crippen molar-refractivity contribution in [2.75, 3.05) is 7.11 Å². The third-order valence-electron chi connectivity index (χ3n) is 4.20. The number of hydrogen-bond acceptors (Lipinski definition) is 4. The summed E-state index contributed by atoms with van der Waals surface area (Å²) in [6.45, 7) is 5.97. The summed E-state index contributed by atoms with van der Waals surface area (Å²) >= 11 is -1.11. The predicted molar refractivity (Wildman–Crippen MR) is 94.8 cm³/mol. The molecule has 1 saturated carbocycles. The highest BCUT2D eigenvalue weighted by Crippen LogP contribution is 2.44. The standard InChI is InChI=1S/C18H24N2O2S/c1-18(2,3)23(21)20-16(12-9-10-12)15-11-19-17(22-4)14-8-6-5-7-13(14)15/h5-8,11-12,16,20H,9-10H2,1-4H3/t16-,23-/m0/s1. The average molecular weight is 332 g/mol. The maximum absolute atomic E-state index is 12.6. The molecule has 2 atom stereocenters. The van der Waals surface area contributed by atoms with Gasteiger partial charge in [0.2, 0.25) is 5.88 Å². The van der Waals surface area contributed by atoms with Gasteiger partial charge in [0.15, 0.2) is 0 Å². The smallest absolute Gasteiger partial charge is 0.221 e. The highest BCUT2D eigenvalue weighted by atomic mass is 32.2. The molecule has 1 N–H and O–H groups in total. The average Bonchev–Trinajstić information content (AvgIpc) is 3.35. The number of aromatic nitrogens is 1. The van der Waals surface area contributed by atoms with Crippen LogP contribution in [0.5, 0.6) is 5.88 Å². The number of pyridine rings is 1. The van der Waals surface area contributed by atoms with Gasteiger partial charge in [-0.2, -0.15) is 0 Å². The van der Waals surface area contributed by atoms with Gasteiger partial charge >= 0.3 is 0 Å². The number of rotatable bonds is 5. The van der Waals surface area contributed by atoms with Gasteiger partial charge in [-0.1, -0.05) is 18.2 Å². The van der Waals surface area contributed by atoms with Gasteiger partial charge in [-0.25, -0.2) is 4.98 Å².